The van der Waals surface area contributed by atoms with Crippen molar-refractivity contribution in [1.29, 1.82) is 5.26 Å². The van der Waals surface area contributed by atoms with E-state index in [1.807, 2.05) is 53.1 Å². The van der Waals surface area contributed by atoms with Crippen LogP contribution in [0.25, 0.3) is 27.8 Å². The molecule has 0 aliphatic rings. The van der Waals surface area contributed by atoms with Gasteiger partial charge in [0, 0.05) is 11.8 Å². The molecule has 0 radical (unpaired) electrons. The van der Waals surface area contributed by atoms with Crippen LogP contribution in [0.5, 0.6) is 5.75 Å². The van der Waals surface area contributed by atoms with Crippen molar-refractivity contribution in [1.82, 2.24) is 14.4 Å². The van der Waals surface area contributed by atoms with Gasteiger partial charge in [-0.25, -0.2) is 9.97 Å². The summed E-state index contributed by atoms with van der Waals surface area (Å²) < 4.78 is 7.41. The highest BCUT2D eigenvalue weighted by Gasteiger charge is 2.19. The molecule has 3 aromatic heterocycles. The summed E-state index contributed by atoms with van der Waals surface area (Å²) in [6.07, 6.45) is 3.41. The van der Waals surface area contributed by atoms with Crippen LogP contribution < -0.4 is 4.74 Å². The number of ether oxygens (including phenoxy) is 1. The molecule has 0 saturated heterocycles. The van der Waals surface area contributed by atoms with E-state index < -0.39 is 0 Å². The standard InChI is InChI=1S/C18H12N4O/c1-23-15-8-3-2-6-12(15)16-18-17(21-11-20-16)13(10-19)14-7-4-5-9-22(14)18/h2-9,11H,1H3. The van der Waals surface area contributed by atoms with Gasteiger partial charge in [-0.05, 0) is 24.3 Å². The Hall–Kier alpha value is -3.39. The predicted octanol–water partition coefficient (Wildman–Crippen LogP) is 3.43. The fourth-order valence-corrected chi connectivity index (χ4v) is 2.90. The third-order valence-corrected chi connectivity index (χ3v) is 3.89. The van der Waals surface area contributed by atoms with Crippen molar-refractivity contribution in [2.75, 3.05) is 7.11 Å². The van der Waals surface area contributed by atoms with E-state index in [0.717, 1.165) is 28.0 Å². The summed E-state index contributed by atoms with van der Waals surface area (Å²) in [4.78, 5) is 8.80. The molecule has 0 bridgehead atoms. The molecule has 5 nitrogen and oxygen atoms in total. The molecular weight excluding hydrogens is 288 g/mol. The van der Waals surface area contributed by atoms with Crippen molar-refractivity contribution >= 4 is 16.6 Å². The summed E-state index contributed by atoms with van der Waals surface area (Å²) in [6, 6.07) is 15.7. The van der Waals surface area contributed by atoms with Gasteiger partial charge < -0.3 is 9.14 Å². The molecular formula is C18H12N4O. The van der Waals surface area contributed by atoms with Crippen LogP contribution in [0.3, 0.4) is 0 Å². The number of nitrogens with zero attached hydrogens (tertiary/aromatic N) is 4. The van der Waals surface area contributed by atoms with Crippen LogP contribution >= 0.6 is 0 Å². The quantitative estimate of drug-likeness (QED) is 0.569. The summed E-state index contributed by atoms with van der Waals surface area (Å²) in [6.45, 7) is 0. The zero-order valence-corrected chi connectivity index (χ0v) is 12.4. The summed E-state index contributed by atoms with van der Waals surface area (Å²) >= 11 is 0. The van der Waals surface area contributed by atoms with Gasteiger partial charge >= 0.3 is 0 Å². The van der Waals surface area contributed by atoms with Gasteiger partial charge in [-0.2, -0.15) is 5.26 Å². The van der Waals surface area contributed by atoms with Crippen molar-refractivity contribution in [2.45, 2.75) is 0 Å². The average Bonchev–Trinajstić information content (AvgIpc) is 2.95. The van der Waals surface area contributed by atoms with E-state index in [-0.39, 0.29) is 0 Å². The molecule has 1 aromatic carbocycles. The van der Waals surface area contributed by atoms with E-state index in [0.29, 0.717) is 11.1 Å². The monoisotopic (exact) mass is 300 g/mol. The summed E-state index contributed by atoms with van der Waals surface area (Å²) in [7, 11) is 1.63. The lowest BCUT2D eigenvalue weighted by Crippen LogP contribution is -1.94. The van der Waals surface area contributed by atoms with E-state index in [4.69, 9.17) is 4.74 Å². The van der Waals surface area contributed by atoms with Crippen LogP contribution in [-0.2, 0) is 0 Å². The Labute approximate surface area is 132 Å². The Kier molecular flexibility index (Phi) is 2.95. The highest BCUT2D eigenvalue weighted by Crippen LogP contribution is 2.35. The van der Waals surface area contributed by atoms with Gasteiger partial charge in [-0.15, -0.1) is 0 Å². The minimum absolute atomic E-state index is 0.555. The molecule has 4 aromatic rings. The molecule has 0 aliphatic carbocycles. The first-order valence-electron chi connectivity index (χ1n) is 7.12. The highest BCUT2D eigenvalue weighted by molar-refractivity contribution is 6.00. The Morgan fingerprint density at radius 2 is 1.91 bits per heavy atom. The topological polar surface area (TPSA) is 63.2 Å². The maximum atomic E-state index is 9.54. The number of para-hydroxylation sites is 1. The first kappa shape index (κ1) is 13.3. The Morgan fingerprint density at radius 1 is 1.09 bits per heavy atom. The summed E-state index contributed by atoms with van der Waals surface area (Å²) in [5.74, 6) is 0.733. The normalized spacial score (nSPS) is 10.8. The minimum atomic E-state index is 0.555. The number of aromatic nitrogens is 3. The van der Waals surface area contributed by atoms with Crippen LogP contribution in [0.15, 0.2) is 55.0 Å². The number of benzene rings is 1. The van der Waals surface area contributed by atoms with Crippen LogP contribution in [0.4, 0.5) is 0 Å². The smallest absolute Gasteiger partial charge is 0.128 e. The van der Waals surface area contributed by atoms with E-state index in [1.54, 1.807) is 7.11 Å². The molecule has 0 atom stereocenters. The second-order valence-corrected chi connectivity index (χ2v) is 5.06. The zero-order chi connectivity index (χ0) is 15.8. The number of methoxy groups -OCH3 is 1. The molecule has 0 aliphatic heterocycles. The Morgan fingerprint density at radius 3 is 2.74 bits per heavy atom. The fraction of sp³-hybridized carbons (Fsp3) is 0.0556. The van der Waals surface area contributed by atoms with Gasteiger partial charge in [0.05, 0.1) is 18.1 Å². The van der Waals surface area contributed by atoms with E-state index >= 15 is 0 Å². The van der Waals surface area contributed by atoms with Gasteiger partial charge in [0.25, 0.3) is 0 Å². The predicted molar refractivity (Wildman–Crippen MR) is 87.2 cm³/mol. The zero-order valence-electron chi connectivity index (χ0n) is 12.4. The molecule has 0 amide bonds. The second kappa shape index (κ2) is 5.11. The molecule has 3 heterocycles. The number of fused-ring (bicyclic) bond motifs is 3. The molecule has 0 unspecified atom stereocenters. The molecule has 0 saturated carbocycles. The molecule has 23 heavy (non-hydrogen) atoms. The summed E-state index contributed by atoms with van der Waals surface area (Å²) in [5.41, 5.74) is 4.45. The minimum Gasteiger partial charge on any atom is -0.496 e. The molecule has 0 fully saturated rings. The molecule has 0 N–H and O–H groups in total. The van der Waals surface area contributed by atoms with E-state index in [2.05, 4.69) is 16.0 Å². The lowest BCUT2D eigenvalue weighted by Gasteiger charge is -2.09. The second-order valence-electron chi connectivity index (χ2n) is 5.06. The van der Waals surface area contributed by atoms with Crippen molar-refractivity contribution in [3.05, 3.63) is 60.6 Å². The van der Waals surface area contributed by atoms with Gasteiger partial charge in [0.15, 0.2) is 0 Å². The molecule has 110 valence electrons. The SMILES string of the molecule is COc1ccccc1-c1ncnc2c(C#N)c3ccccn3c12. The first-order valence-corrected chi connectivity index (χ1v) is 7.12. The molecule has 4 rings (SSSR count). The number of hydrogen-bond donors (Lipinski definition) is 0. The fourth-order valence-electron chi connectivity index (χ4n) is 2.90. The lowest BCUT2D eigenvalue weighted by molar-refractivity contribution is 0.416. The van der Waals surface area contributed by atoms with Gasteiger partial charge in [0.2, 0.25) is 0 Å². The molecule has 5 heteroatoms. The van der Waals surface area contributed by atoms with Crippen LogP contribution in [-0.4, -0.2) is 21.5 Å². The highest BCUT2D eigenvalue weighted by atomic mass is 16.5. The third kappa shape index (κ3) is 1.86. The van der Waals surface area contributed by atoms with Gasteiger partial charge in [-0.1, -0.05) is 18.2 Å². The third-order valence-electron chi connectivity index (χ3n) is 3.89. The molecule has 0 spiro atoms. The number of nitriles is 1. The largest absolute Gasteiger partial charge is 0.496 e. The van der Waals surface area contributed by atoms with Crippen molar-refractivity contribution in [2.24, 2.45) is 0 Å². The van der Waals surface area contributed by atoms with Crippen molar-refractivity contribution < 1.29 is 4.74 Å². The Balaban J connectivity index is 2.20. The van der Waals surface area contributed by atoms with Crippen LogP contribution in [0.1, 0.15) is 5.56 Å². The van der Waals surface area contributed by atoms with Crippen molar-refractivity contribution in [3.8, 4) is 23.1 Å². The number of pyridine rings is 1. The number of rotatable bonds is 2. The van der Waals surface area contributed by atoms with Gasteiger partial charge in [0.1, 0.15) is 34.9 Å². The maximum absolute atomic E-state index is 9.54. The summed E-state index contributed by atoms with van der Waals surface area (Å²) in [5, 5.41) is 9.54. The van der Waals surface area contributed by atoms with Gasteiger partial charge in [-0.3, -0.25) is 0 Å². The van der Waals surface area contributed by atoms with Crippen LogP contribution in [0.2, 0.25) is 0 Å². The van der Waals surface area contributed by atoms with Crippen LogP contribution in [0, 0.1) is 11.3 Å². The lowest BCUT2D eigenvalue weighted by atomic mass is 10.1. The Bertz CT molecular complexity index is 1080. The van der Waals surface area contributed by atoms with Crippen molar-refractivity contribution in [3.63, 3.8) is 0 Å². The maximum Gasteiger partial charge on any atom is 0.128 e. The van der Waals surface area contributed by atoms with E-state index in [9.17, 15) is 5.26 Å². The first-order chi connectivity index (χ1) is 11.3. The van der Waals surface area contributed by atoms with E-state index in [1.165, 1.54) is 6.33 Å². The number of hydrogen-bond acceptors (Lipinski definition) is 4. The average molecular weight is 300 g/mol.